The number of aromatic hydroxyl groups is 1. The highest BCUT2D eigenvalue weighted by Crippen LogP contribution is 2.19. The zero-order valence-electron chi connectivity index (χ0n) is 14.7. The molecule has 0 fully saturated rings. The van der Waals surface area contributed by atoms with Crippen LogP contribution in [0, 0.1) is 0 Å². The molecule has 6 heteroatoms. The van der Waals surface area contributed by atoms with Crippen molar-refractivity contribution in [1.82, 2.24) is 9.97 Å². The number of benzene rings is 1. The predicted molar refractivity (Wildman–Crippen MR) is 103 cm³/mol. The van der Waals surface area contributed by atoms with E-state index in [4.69, 9.17) is 4.74 Å². The van der Waals surface area contributed by atoms with Gasteiger partial charge in [0.15, 0.2) is 0 Å². The molecule has 0 aliphatic carbocycles. The number of ether oxygens (including phenoxy) is 1. The van der Waals surface area contributed by atoms with Crippen molar-refractivity contribution >= 4 is 11.3 Å². The van der Waals surface area contributed by atoms with Gasteiger partial charge in [0.2, 0.25) is 5.88 Å². The van der Waals surface area contributed by atoms with Crippen LogP contribution in [-0.2, 0) is 25.7 Å². The van der Waals surface area contributed by atoms with E-state index in [1.165, 1.54) is 5.56 Å². The van der Waals surface area contributed by atoms with Crippen molar-refractivity contribution in [3.63, 3.8) is 0 Å². The van der Waals surface area contributed by atoms with E-state index in [1.807, 2.05) is 30.5 Å². The minimum atomic E-state index is -0.222. The number of aromatic nitrogens is 2. The zero-order valence-corrected chi connectivity index (χ0v) is 15.5. The average molecular weight is 370 g/mol. The summed E-state index contributed by atoms with van der Waals surface area (Å²) in [5.41, 5.74) is 3.41. The first kappa shape index (κ1) is 18.2. The Morgan fingerprint density at radius 2 is 1.85 bits per heavy atom. The Hall–Kier alpha value is -2.60. The molecule has 0 unspecified atom stereocenters. The summed E-state index contributed by atoms with van der Waals surface area (Å²) in [4.78, 5) is 18.5. The summed E-state index contributed by atoms with van der Waals surface area (Å²) < 4.78 is 5.78. The largest absolute Gasteiger partial charge is 0.494 e. The Morgan fingerprint density at radius 3 is 2.46 bits per heavy atom. The number of pyridine rings is 1. The number of rotatable bonds is 8. The molecular weight excluding hydrogens is 348 g/mol. The van der Waals surface area contributed by atoms with E-state index in [0.29, 0.717) is 17.9 Å². The van der Waals surface area contributed by atoms with E-state index in [2.05, 4.69) is 29.0 Å². The van der Waals surface area contributed by atoms with Crippen LogP contribution in [0.25, 0.3) is 0 Å². The summed E-state index contributed by atoms with van der Waals surface area (Å²) in [5, 5.41) is 9.60. The first-order valence-electron chi connectivity index (χ1n) is 8.70. The highest BCUT2D eigenvalue weighted by molar-refractivity contribution is 7.09. The molecule has 0 amide bonds. The van der Waals surface area contributed by atoms with E-state index in [9.17, 15) is 9.90 Å². The highest BCUT2D eigenvalue weighted by Gasteiger charge is 2.07. The molecule has 26 heavy (non-hydrogen) atoms. The van der Waals surface area contributed by atoms with Crippen LogP contribution in [0.3, 0.4) is 0 Å². The third kappa shape index (κ3) is 4.95. The number of aromatic amines is 1. The topological polar surface area (TPSA) is 75.2 Å². The molecule has 0 spiro atoms. The summed E-state index contributed by atoms with van der Waals surface area (Å²) in [6, 6.07) is 12.1. The van der Waals surface area contributed by atoms with Crippen LogP contribution < -0.4 is 9.61 Å². The molecule has 0 saturated carbocycles. The molecule has 0 atom stereocenters. The van der Waals surface area contributed by atoms with Crippen LogP contribution in [-0.4, -0.2) is 21.7 Å². The van der Waals surface area contributed by atoms with Gasteiger partial charge in [-0.2, -0.15) is 0 Å². The number of nitrogens with one attached hydrogen (secondary N) is 1. The number of nitrogens with zero attached hydrogens (tertiary/aromatic N) is 1. The summed E-state index contributed by atoms with van der Waals surface area (Å²) in [5.74, 6) is 0.814. The maximum absolute atomic E-state index is 11.2. The normalized spacial score (nSPS) is 10.8. The lowest BCUT2D eigenvalue weighted by atomic mass is 10.1. The van der Waals surface area contributed by atoms with Gasteiger partial charge in [-0.1, -0.05) is 36.5 Å². The van der Waals surface area contributed by atoms with Crippen LogP contribution in [0.2, 0.25) is 0 Å². The molecule has 2 aromatic heterocycles. The van der Waals surface area contributed by atoms with Gasteiger partial charge in [-0.05, 0) is 48.6 Å². The summed E-state index contributed by atoms with van der Waals surface area (Å²) in [6.07, 6.45) is 5.09. The molecule has 1 aromatic carbocycles. The molecule has 0 aliphatic rings. The van der Waals surface area contributed by atoms with E-state index in [0.717, 1.165) is 47.6 Å². The lowest BCUT2D eigenvalue weighted by Gasteiger charge is -2.07. The number of H-pyrrole nitrogens is 1. The lowest BCUT2D eigenvalue weighted by molar-refractivity contribution is 0.320. The molecule has 0 bridgehead atoms. The Balaban J connectivity index is 1.46. The van der Waals surface area contributed by atoms with Crippen molar-refractivity contribution in [3.05, 3.63) is 74.0 Å². The van der Waals surface area contributed by atoms with E-state index in [1.54, 1.807) is 0 Å². The highest BCUT2D eigenvalue weighted by atomic mass is 32.1. The van der Waals surface area contributed by atoms with E-state index < -0.39 is 0 Å². The van der Waals surface area contributed by atoms with Gasteiger partial charge in [0.25, 0.3) is 0 Å². The minimum Gasteiger partial charge on any atom is -0.494 e. The predicted octanol–water partition coefficient (Wildman–Crippen LogP) is 3.51. The first-order chi connectivity index (χ1) is 12.6. The fourth-order valence-electron chi connectivity index (χ4n) is 2.62. The standard InChI is InChI=1S/C20H22N2O3S/c1-2-14-3-7-16(21-13-14)11-12-25-17-8-4-15(5-9-17)6-10-18-19(23)22-20(24)26-18/h3-5,7-9,13,23H,2,6,10-12H2,1H3,(H,22,24). The maximum atomic E-state index is 11.2. The van der Waals surface area contributed by atoms with Gasteiger partial charge >= 0.3 is 4.87 Å². The van der Waals surface area contributed by atoms with Crippen molar-refractivity contribution in [1.29, 1.82) is 0 Å². The Labute approximate surface area is 156 Å². The smallest absolute Gasteiger partial charge is 0.307 e. The van der Waals surface area contributed by atoms with Crippen molar-refractivity contribution in [3.8, 4) is 11.6 Å². The third-order valence-electron chi connectivity index (χ3n) is 4.19. The maximum Gasteiger partial charge on any atom is 0.307 e. The van der Waals surface area contributed by atoms with Crippen molar-refractivity contribution in [2.45, 2.75) is 32.6 Å². The summed E-state index contributed by atoms with van der Waals surface area (Å²) >= 11 is 1.06. The molecule has 136 valence electrons. The molecule has 5 nitrogen and oxygen atoms in total. The van der Waals surface area contributed by atoms with E-state index >= 15 is 0 Å². The fraction of sp³-hybridized carbons (Fsp3) is 0.300. The van der Waals surface area contributed by atoms with Gasteiger partial charge in [0, 0.05) is 18.3 Å². The molecule has 2 N–H and O–H groups in total. The Kier molecular flexibility index (Phi) is 6.07. The number of thiazole rings is 1. The molecule has 3 aromatic rings. The monoisotopic (exact) mass is 370 g/mol. The van der Waals surface area contributed by atoms with Gasteiger partial charge in [-0.25, -0.2) is 0 Å². The van der Waals surface area contributed by atoms with Gasteiger partial charge < -0.3 is 9.84 Å². The van der Waals surface area contributed by atoms with Crippen LogP contribution in [0.4, 0.5) is 0 Å². The van der Waals surface area contributed by atoms with Gasteiger partial charge in [-0.15, -0.1) is 0 Å². The summed E-state index contributed by atoms with van der Waals surface area (Å²) in [7, 11) is 0. The quantitative estimate of drug-likeness (QED) is 0.636. The second kappa shape index (κ2) is 8.67. The van der Waals surface area contributed by atoms with Crippen LogP contribution in [0.5, 0.6) is 11.6 Å². The lowest BCUT2D eigenvalue weighted by Crippen LogP contribution is -2.03. The first-order valence-corrected chi connectivity index (χ1v) is 9.52. The van der Waals surface area contributed by atoms with E-state index in [-0.39, 0.29) is 10.8 Å². The van der Waals surface area contributed by atoms with Crippen LogP contribution >= 0.6 is 11.3 Å². The molecule has 0 aliphatic heterocycles. The second-order valence-electron chi connectivity index (χ2n) is 6.04. The Bertz CT molecular complexity index is 883. The fourth-order valence-corrected chi connectivity index (χ4v) is 3.34. The van der Waals surface area contributed by atoms with Crippen LogP contribution in [0.15, 0.2) is 47.4 Å². The minimum absolute atomic E-state index is 0.0134. The third-order valence-corrected chi connectivity index (χ3v) is 5.12. The van der Waals surface area contributed by atoms with Crippen LogP contribution in [0.1, 0.15) is 28.6 Å². The van der Waals surface area contributed by atoms with Crippen molar-refractivity contribution in [2.24, 2.45) is 0 Å². The summed E-state index contributed by atoms with van der Waals surface area (Å²) in [6.45, 7) is 2.70. The number of aryl methyl sites for hydroxylation is 3. The molecule has 0 saturated heterocycles. The second-order valence-corrected chi connectivity index (χ2v) is 7.11. The number of hydrogen-bond donors (Lipinski definition) is 2. The number of hydrogen-bond acceptors (Lipinski definition) is 5. The molecule has 3 rings (SSSR count). The van der Waals surface area contributed by atoms with Crippen molar-refractivity contribution < 1.29 is 9.84 Å². The van der Waals surface area contributed by atoms with Crippen molar-refractivity contribution in [2.75, 3.05) is 6.61 Å². The van der Waals surface area contributed by atoms with Gasteiger partial charge in [0.05, 0.1) is 11.5 Å². The van der Waals surface area contributed by atoms with Gasteiger partial charge in [-0.3, -0.25) is 14.8 Å². The average Bonchev–Trinajstić information content (AvgIpc) is 2.99. The zero-order chi connectivity index (χ0) is 18.4. The van der Waals surface area contributed by atoms with Gasteiger partial charge in [0.1, 0.15) is 5.75 Å². The SMILES string of the molecule is CCc1ccc(CCOc2ccc(CCc3sc(=O)[nH]c3O)cc2)nc1. The molecular formula is C20H22N2O3S. The molecule has 2 heterocycles. The molecule has 0 radical (unpaired) electrons. The Morgan fingerprint density at radius 1 is 1.08 bits per heavy atom.